The van der Waals surface area contributed by atoms with E-state index in [0.717, 1.165) is 12.8 Å². The van der Waals surface area contributed by atoms with E-state index in [1.165, 1.54) is 37.9 Å². The first-order valence-corrected chi connectivity index (χ1v) is 7.53. The van der Waals surface area contributed by atoms with Crippen LogP contribution in [0.2, 0.25) is 0 Å². The van der Waals surface area contributed by atoms with Crippen LogP contribution in [-0.4, -0.2) is 23.6 Å². The summed E-state index contributed by atoms with van der Waals surface area (Å²) in [6.07, 6.45) is 8.50. The molecule has 1 N–H and O–H groups in total. The number of thioether (sulfide) groups is 1. The van der Waals surface area contributed by atoms with E-state index in [1.54, 1.807) is 0 Å². The van der Waals surface area contributed by atoms with Crippen LogP contribution in [0.4, 0.5) is 0 Å². The molecule has 1 saturated carbocycles. The van der Waals surface area contributed by atoms with E-state index in [1.807, 2.05) is 7.05 Å². The summed E-state index contributed by atoms with van der Waals surface area (Å²) in [4.78, 5) is 0. The van der Waals surface area contributed by atoms with Gasteiger partial charge in [-0.25, -0.2) is 0 Å². The molecule has 1 rings (SSSR count). The lowest BCUT2D eigenvalue weighted by Crippen LogP contribution is -2.46. The molecule has 0 saturated heterocycles. The van der Waals surface area contributed by atoms with E-state index < -0.39 is 0 Å². The first-order chi connectivity index (χ1) is 7.76. The average Bonchev–Trinajstić information content (AvgIpc) is 2.35. The Morgan fingerprint density at radius 2 is 2.31 bits per heavy atom. The molecule has 0 spiro atoms. The number of unbranched alkanes of at least 4 members (excludes halogenated alkanes) is 2. The summed E-state index contributed by atoms with van der Waals surface area (Å²) in [5.74, 6) is 1.27. The highest BCUT2D eigenvalue weighted by Gasteiger charge is 2.35. The Kier molecular flexibility index (Phi) is 6.23. The summed E-state index contributed by atoms with van der Waals surface area (Å²) in [6, 6.07) is 2.47. The van der Waals surface area contributed by atoms with Gasteiger partial charge in [-0.3, -0.25) is 0 Å². The molecular formula is C13H24N2S. The van der Waals surface area contributed by atoms with E-state index in [4.69, 9.17) is 0 Å². The molecule has 2 unspecified atom stereocenters. The molecule has 0 amide bonds. The van der Waals surface area contributed by atoms with Crippen LogP contribution in [0.15, 0.2) is 0 Å². The first-order valence-electron chi connectivity index (χ1n) is 6.48. The highest BCUT2D eigenvalue weighted by molar-refractivity contribution is 7.99. The Morgan fingerprint density at radius 1 is 1.50 bits per heavy atom. The van der Waals surface area contributed by atoms with Gasteiger partial charge in [-0.2, -0.15) is 17.0 Å². The normalized spacial score (nSPS) is 29.9. The fourth-order valence-corrected chi connectivity index (χ4v) is 3.79. The van der Waals surface area contributed by atoms with Crippen molar-refractivity contribution in [3.8, 4) is 6.07 Å². The summed E-state index contributed by atoms with van der Waals surface area (Å²) in [6.45, 7) is 2.24. The quantitative estimate of drug-likeness (QED) is 0.723. The van der Waals surface area contributed by atoms with E-state index in [0.29, 0.717) is 5.25 Å². The summed E-state index contributed by atoms with van der Waals surface area (Å²) < 4.78 is 0. The topological polar surface area (TPSA) is 35.8 Å². The van der Waals surface area contributed by atoms with Crippen LogP contribution in [-0.2, 0) is 0 Å². The van der Waals surface area contributed by atoms with Gasteiger partial charge in [0.2, 0.25) is 0 Å². The van der Waals surface area contributed by atoms with Gasteiger partial charge in [0.1, 0.15) is 5.54 Å². The Bertz CT molecular complexity index is 237. The molecule has 92 valence electrons. The van der Waals surface area contributed by atoms with Crippen molar-refractivity contribution in [2.75, 3.05) is 12.8 Å². The summed E-state index contributed by atoms with van der Waals surface area (Å²) in [5, 5.41) is 13.2. The van der Waals surface area contributed by atoms with Crippen LogP contribution in [0.25, 0.3) is 0 Å². The molecule has 0 heterocycles. The maximum atomic E-state index is 9.25. The second-order valence-corrected chi connectivity index (χ2v) is 6.15. The molecule has 0 aliphatic heterocycles. The molecule has 2 atom stereocenters. The highest BCUT2D eigenvalue weighted by atomic mass is 32.2. The zero-order valence-electron chi connectivity index (χ0n) is 10.6. The Morgan fingerprint density at radius 3 is 2.94 bits per heavy atom. The maximum absolute atomic E-state index is 9.25. The number of hydrogen-bond acceptors (Lipinski definition) is 3. The third-order valence-electron chi connectivity index (χ3n) is 3.50. The number of nitriles is 1. The lowest BCUT2D eigenvalue weighted by molar-refractivity contribution is 0.323. The van der Waals surface area contributed by atoms with Crippen molar-refractivity contribution in [3.63, 3.8) is 0 Å². The van der Waals surface area contributed by atoms with E-state index in [2.05, 4.69) is 30.1 Å². The van der Waals surface area contributed by atoms with Crippen LogP contribution in [0, 0.1) is 11.3 Å². The Labute approximate surface area is 104 Å². The third-order valence-corrected chi connectivity index (χ3v) is 4.90. The molecule has 0 bridgehead atoms. The monoisotopic (exact) mass is 240 g/mol. The number of rotatable bonds is 6. The maximum Gasteiger partial charge on any atom is 0.107 e. The first kappa shape index (κ1) is 13.9. The number of nitrogens with zero attached hydrogens (tertiary/aromatic N) is 1. The predicted molar refractivity (Wildman–Crippen MR) is 71.6 cm³/mol. The minimum atomic E-state index is -0.235. The molecule has 0 aromatic carbocycles. The van der Waals surface area contributed by atoms with Crippen LogP contribution in [0.3, 0.4) is 0 Å². The van der Waals surface area contributed by atoms with Crippen molar-refractivity contribution in [1.29, 1.82) is 5.26 Å². The van der Waals surface area contributed by atoms with Crippen LogP contribution >= 0.6 is 11.8 Å². The van der Waals surface area contributed by atoms with Crippen LogP contribution in [0.1, 0.15) is 51.9 Å². The van der Waals surface area contributed by atoms with Gasteiger partial charge in [0.15, 0.2) is 0 Å². The van der Waals surface area contributed by atoms with Crippen molar-refractivity contribution in [1.82, 2.24) is 5.32 Å². The largest absolute Gasteiger partial charge is 0.302 e. The Balaban J connectivity index is 2.30. The fourth-order valence-electron chi connectivity index (χ4n) is 2.35. The minimum Gasteiger partial charge on any atom is -0.302 e. The van der Waals surface area contributed by atoms with E-state index >= 15 is 0 Å². The summed E-state index contributed by atoms with van der Waals surface area (Å²) >= 11 is 2.08. The van der Waals surface area contributed by atoms with E-state index in [-0.39, 0.29) is 5.54 Å². The van der Waals surface area contributed by atoms with Crippen molar-refractivity contribution in [2.24, 2.45) is 0 Å². The van der Waals surface area contributed by atoms with Gasteiger partial charge in [-0.05, 0) is 44.9 Å². The third kappa shape index (κ3) is 3.99. The van der Waals surface area contributed by atoms with Crippen LogP contribution in [0.5, 0.6) is 0 Å². The van der Waals surface area contributed by atoms with Gasteiger partial charge in [0.25, 0.3) is 0 Å². The smallest absolute Gasteiger partial charge is 0.107 e. The molecular weight excluding hydrogens is 216 g/mol. The molecule has 0 aromatic rings. The Hall–Kier alpha value is -0.200. The van der Waals surface area contributed by atoms with Crippen molar-refractivity contribution in [2.45, 2.75) is 62.7 Å². The SMILES string of the molecule is CCCCCSC1CCCC(C#N)(NC)C1. The molecule has 0 radical (unpaired) electrons. The summed E-state index contributed by atoms with van der Waals surface area (Å²) in [7, 11) is 1.92. The average molecular weight is 240 g/mol. The second-order valence-electron chi connectivity index (χ2n) is 4.74. The molecule has 1 aliphatic rings. The van der Waals surface area contributed by atoms with Crippen molar-refractivity contribution >= 4 is 11.8 Å². The van der Waals surface area contributed by atoms with Crippen molar-refractivity contribution < 1.29 is 0 Å². The van der Waals surface area contributed by atoms with Gasteiger partial charge in [0.05, 0.1) is 6.07 Å². The second kappa shape index (κ2) is 7.19. The van der Waals surface area contributed by atoms with Crippen LogP contribution < -0.4 is 5.32 Å². The summed E-state index contributed by atoms with van der Waals surface area (Å²) in [5.41, 5.74) is -0.235. The molecule has 0 aromatic heterocycles. The standard InChI is InChI=1S/C13H24N2S/c1-3-4-5-9-16-12-7-6-8-13(10-12,11-14)15-2/h12,15H,3-10H2,1-2H3. The zero-order chi connectivity index (χ0) is 11.9. The van der Waals surface area contributed by atoms with Gasteiger partial charge in [-0.1, -0.05) is 19.8 Å². The van der Waals surface area contributed by atoms with Gasteiger partial charge < -0.3 is 5.32 Å². The van der Waals surface area contributed by atoms with Gasteiger partial charge in [-0.15, -0.1) is 0 Å². The van der Waals surface area contributed by atoms with E-state index in [9.17, 15) is 5.26 Å². The van der Waals surface area contributed by atoms with Crippen molar-refractivity contribution in [3.05, 3.63) is 0 Å². The van der Waals surface area contributed by atoms with Gasteiger partial charge >= 0.3 is 0 Å². The lowest BCUT2D eigenvalue weighted by atomic mass is 9.83. The molecule has 3 heteroatoms. The molecule has 1 aliphatic carbocycles. The highest BCUT2D eigenvalue weighted by Crippen LogP contribution is 2.34. The lowest BCUT2D eigenvalue weighted by Gasteiger charge is -2.35. The van der Waals surface area contributed by atoms with Gasteiger partial charge in [0, 0.05) is 5.25 Å². The molecule has 1 fully saturated rings. The fraction of sp³-hybridized carbons (Fsp3) is 0.923. The number of nitrogens with one attached hydrogen (secondary N) is 1. The predicted octanol–water partition coefficient (Wildman–Crippen LogP) is 3.33. The minimum absolute atomic E-state index is 0.235. The molecule has 2 nitrogen and oxygen atoms in total. The number of hydrogen-bond donors (Lipinski definition) is 1. The zero-order valence-corrected chi connectivity index (χ0v) is 11.4. The molecule has 16 heavy (non-hydrogen) atoms.